The number of nitrogens with one attached hydrogen (secondary N) is 3. The van der Waals surface area contributed by atoms with Crippen LogP contribution in [0, 0.1) is 0 Å². The fraction of sp³-hybridized carbons (Fsp3) is 0.375. The lowest BCUT2D eigenvalue weighted by Gasteiger charge is -2.09. The Morgan fingerprint density at radius 1 is 1.22 bits per heavy atom. The van der Waals surface area contributed by atoms with E-state index in [2.05, 4.69) is 42.6 Å². The molecule has 8 nitrogen and oxygen atoms in total. The highest BCUT2D eigenvalue weighted by molar-refractivity contribution is 5.81. The molecule has 0 spiro atoms. The Morgan fingerprint density at radius 3 is 2.88 bits per heavy atom. The zero-order valence-corrected chi connectivity index (χ0v) is 18.6. The minimum Gasteiger partial charge on any atom is -0.313 e. The van der Waals surface area contributed by atoms with Crippen LogP contribution < -0.4 is 16.6 Å². The second-order valence-electron chi connectivity index (χ2n) is 7.71. The van der Waals surface area contributed by atoms with Crippen molar-refractivity contribution in [2.45, 2.75) is 52.1 Å². The van der Waals surface area contributed by atoms with E-state index in [1.807, 2.05) is 44.3 Å². The molecule has 0 aliphatic rings. The normalized spacial score (nSPS) is 13.1. The molecule has 32 heavy (non-hydrogen) atoms. The maximum atomic E-state index is 12.0. The topological polar surface area (TPSA) is 115 Å². The molecule has 0 saturated carbocycles. The maximum absolute atomic E-state index is 12.0. The van der Waals surface area contributed by atoms with Crippen molar-refractivity contribution in [3.63, 3.8) is 0 Å². The first-order valence-corrected chi connectivity index (χ1v) is 11.0. The number of fused-ring (bicyclic) bond motifs is 1. The summed E-state index contributed by atoms with van der Waals surface area (Å²) in [6.45, 7) is 5.71. The van der Waals surface area contributed by atoms with Gasteiger partial charge in [0.1, 0.15) is 0 Å². The van der Waals surface area contributed by atoms with Crippen LogP contribution in [0.3, 0.4) is 0 Å². The molecule has 1 unspecified atom stereocenters. The minimum absolute atomic E-state index is 0.0428. The van der Waals surface area contributed by atoms with Crippen LogP contribution in [0.5, 0.6) is 0 Å². The standard InChI is InChI=1S/C24H30N6O2/c1-3-8-22(20-16-27-24(32)28-23(20)31)30-29-17(2)9-6-7-13-25-15-18-12-14-26-21-11-5-4-10-19(18)21/h4-5,8,10-12,14,16-17,25H,3,6-7,9,13,15H2,1-2H3,(H2,27,28,31,32)/b22-8-,30-29-. The Kier molecular flexibility index (Phi) is 8.62. The van der Waals surface area contributed by atoms with Crippen molar-refractivity contribution in [1.82, 2.24) is 20.3 Å². The summed E-state index contributed by atoms with van der Waals surface area (Å²) in [5.74, 6) is 0. The van der Waals surface area contributed by atoms with E-state index in [-0.39, 0.29) is 6.04 Å². The number of rotatable bonds is 11. The lowest BCUT2D eigenvalue weighted by molar-refractivity contribution is 0.555. The Labute approximate surface area is 186 Å². The molecule has 0 amide bonds. The van der Waals surface area contributed by atoms with Crippen LogP contribution in [0.2, 0.25) is 0 Å². The zero-order valence-electron chi connectivity index (χ0n) is 18.6. The number of H-pyrrole nitrogens is 2. The number of pyridine rings is 1. The third kappa shape index (κ3) is 6.55. The minimum atomic E-state index is -0.536. The van der Waals surface area contributed by atoms with Crippen molar-refractivity contribution in [2.24, 2.45) is 10.2 Å². The highest BCUT2D eigenvalue weighted by atomic mass is 16.2. The summed E-state index contributed by atoms with van der Waals surface area (Å²) in [5.41, 5.74) is 2.06. The van der Waals surface area contributed by atoms with Gasteiger partial charge in [-0.25, -0.2) is 4.79 Å². The number of allylic oxidation sites excluding steroid dienone is 1. The summed E-state index contributed by atoms with van der Waals surface area (Å²) in [5, 5.41) is 13.3. The first kappa shape index (κ1) is 23.3. The van der Waals surface area contributed by atoms with Gasteiger partial charge in [-0.3, -0.25) is 14.8 Å². The molecule has 2 aromatic heterocycles. The summed E-state index contributed by atoms with van der Waals surface area (Å²) < 4.78 is 0. The summed E-state index contributed by atoms with van der Waals surface area (Å²) in [6, 6.07) is 10.3. The van der Waals surface area contributed by atoms with E-state index in [1.54, 1.807) is 0 Å². The average Bonchev–Trinajstić information content (AvgIpc) is 2.79. The highest BCUT2D eigenvalue weighted by Gasteiger charge is 2.07. The van der Waals surface area contributed by atoms with Gasteiger partial charge in [0.15, 0.2) is 0 Å². The van der Waals surface area contributed by atoms with Crippen molar-refractivity contribution < 1.29 is 0 Å². The van der Waals surface area contributed by atoms with E-state index in [9.17, 15) is 9.59 Å². The second kappa shape index (κ2) is 11.9. The van der Waals surface area contributed by atoms with Crippen LogP contribution >= 0.6 is 0 Å². The van der Waals surface area contributed by atoms with Gasteiger partial charge in [-0.15, -0.1) is 0 Å². The third-order valence-electron chi connectivity index (χ3n) is 5.14. The molecule has 0 bridgehead atoms. The molecule has 3 rings (SSSR count). The van der Waals surface area contributed by atoms with Crippen LogP contribution in [0.1, 0.15) is 50.7 Å². The van der Waals surface area contributed by atoms with Crippen molar-refractivity contribution in [3.8, 4) is 0 Å². The molecule has 1 aromatic carbocycles. The van der Waals surface area contributed by atoms with Crippen molar-refractivity contribution >= 4 is 16.6 Å². The molecule has 0 radical (unpaired) electrons. The summed E-state index contributed by atoms with van der Waals surface area (Å²) in [7, 11) is 0. The zero-order chi connectivity index (χ0) is 22.8. The van der Waals surface area contributed by atoms with Gasteiger partial charge in [-0.05, 0) is 50.4 Å². The Bertz CT molecular complexity index is 1190. The van der Waals surface area contributed by atoms with Gasteiger partial charge in [-0.1, -0.05) is 37.6 Å². The molecule has 3 N–H and O–H groups in total. The molecular formula is C24H30N6O2. The summed E-state index contributed by atoms with van der Waals surface area (Å²) >= 11 is 0. The molecule has 1 atom stereocenters. The van der Waals surface area contributed by atoms with E-state index in [1.165, 1.54) is 17.1 Å². The number of unbranched alkanes of at least 4 members (excludes halogenated alkanes) is 1. The quantitative estimate of drug-likeness (QED) is 0.310. The largest absolute Gasteiger partial charge is 0.325 e. The molecule has 0 fully saturated rings. The SMILES string of the molecule is CC/C=C(\N=N/C(C)CCCCNCc1ccnc2ccccc12)c1c[nH]c(=O)[nH]c1=O. The molecule has 3 aromatic rings. The van der Waals surface area contributed by atoms with Gasteiger partial charge in [0.2, 0.25) is 0 Å². The fourth-order valence-electron chi connectivity index (χ4n) is 3.44. The summed E-state index contributed by atoms with van der Waals surface area (Å²) in [4.78, 5) is 32.4. The van der Waals surface area contributed by atoms with Gasteiger partial charge >= 0.3 is 5.69 Å². The van der Waals surface area contributed by atoms with E-state index in [0.717, 1.165) is 37.9 Å². The Hall–Kier alpha value is -3.39. The van der Waals surface area contributed by atoms with E-state index >= 15 is 0 Å². The van der Waals surface area contributed by atoms with Crippen LogP contribution in [0.25, 0.3) is 16.6 Å². The molecule has 8 heteroatoms. The van der Waals surface area contributed by atoms with Crippen LogP contribution in [-0.2, 0) is 6.54 Å². The Morgan fingerprint density at radius 2 is 2.06 bits per heavy atom. The molecule has 168 valence electrons. The fourth-order valence-corrected chi connectivity index (χ4v) is 3.44. The predicted octanol–water partition coefficient (Wildman–Crippen LogP) is 4.16. The number of hydrogen-bond acceptors (Lipinski definition) is 6. The van der Waals surface area contributed by atoms with Crippen LogP contribution in [0.15, 0.2) is 68.6 Å². The average molecular weight is 435 g/mol. The molecule has 0 saturated heterocycles. The van der Waals surface area contributed by atoms with Gasteiger partial charge < -0.3 is 10.3 Å². The first-order valence-electron chi connectivity index (χ1n) is 11.0. The summed E-state index contributed by atoms with van der Waals surface area (Å²) in [6.07, 6.45) is 8.74. The Balaban J connectivity index is 1.43. The monoisotopic (exact) mass is 434 g/mol. The lowest BCUT2D eigenvalue weighted by Crippen LogP contribution is -2.24. The van der Waals surface area contributed by atoms with E-state index < -0.39 is 11.2 Å². The number of aromatic amines is 2. The molecule has 0 aliphatic heterocycles. The number of azo groups is 1. The maximum Gasteiger partial charge on any atom is 0.325 e. The molecule has 0 aliphatic carbocycles. The third-order valence-corrected chi connectivity index (χ3v) is 5.14. The van der Waals surface area contributed by atoms with E-state index in [4.69, 9.17) is 0 Å². The van der Waals surface area contributed by atoms with E-state index in [0.29, 0.717) is 17.7 Å². The van der Waals surface area contributed by atoms with Crippen molar-refractivity contribution in [1.29, 1.82) is 0 Å². The van der Waals surface area contributed by atoms with Gasteiger partial charge in [0.05, 0.1) is 22.8 Å². The number of benzene rings is 1. The van der Waals surface area contributed by atoms with Crippen molar-refractivity contribution in [2.75, 3.05) is 6.54 Å². The predicted molar refractivity (Wildman–Crippen MR) is 128 cm³/mol. The number of para-hydroxylation sites is 1. The van der Waals surface area contributed by atoms with Crippen molar-refractivity contribution in [3.05, 3.63) is 80.8 Å². The molecular weight excluding hydrogens is 404 g/mol. The first-order chi connectivity index (χ1) is 15.6. The van der Waals surface area contributed by atoms with Gasteiger partial charge in [-0.2, -0.15) is 10.2 Å². The van der Waals surface area contributed by atoms with Gasteiger partial charge in [0.25, 0.3) is 5.56 Å². The van der Waals surface area contributed by atoms with Crippen LogP contribution in [-0.4, -0.2) is 27.5 Å². The lowest BCUT2D eigenvalue weighted by atomic mass is 10.1. The van der Waals surface area contributed by atoms with Gasteiger partial charge in [0, 0.05) is 24.3 Å². The number of hydrogen-bond donors (Lipinski definition) is 3. The highest BCUT2D eigenvalue weighted by Crippen LogP contribution is 2.16. The smallest absolute Gasteiger partial charge is 0.313 e. The second-order valence-corrected chi connectivity index (χ2v) is 7.71. The number of nitrogens with zero attached hydrogens (tertiary/aromatic N) is 3. The molecule has 2 heterocycles. The number of aromatic nitrogens is 3. The van der Waals surface area contributed by atoms with Crippen LogP contribution in [0.4, 0.5) is 0 Å².